The number of nitrogen functional groups attached to an aromatic ring is 1. The van der Waals surface area contributed by atoms with Crippen molar-refractivity contribution in [1.29, 1.82) is 0 Å². The predicted molar refractivity (Wildman–Crippen MR) is 76.7 cm³/mol. The lowest BCUT2D eigenvalue weighted by Crippen LogP contribution is -2.22. The summed E-state index contributed by atoms with van der Waals surface area (Å²) < 4.78 is 5.04. The maximum absolute atomic E-state index is 11.7. The van der Waals surface area contributed by atoms with Gasteiger partial charge in [-0.3, -0.25) is 4.79 Å². The second-order valence-corrected chi connectivity index (χ2v) is 4.55. The van der Waals surface area contributed by atoms with Gasteiger partial charge in [-0.1, -0.05) is 18.2 Å². The first-order valence-electron chi connectivity index (χ1n) is 6.48. The van der Waals surface area contributed by atoms with Crippen LogP contribution in [0.4, 0.5) is 5.69 Å². The van der Waals surface area contributed by atoms with Crippen molar-refractivity contribution in [3.63, 3.8) is 0 Å². The first-order chi connectivity index (χ1) is 10.1. The molecule has 1 amide bonds. The quantitative estimate of drug-likeness (QED) is 0.703. The molecule has 2 aromatic rings. The van der Waals surface area contributed by atoms with E-state index in [2.05, 4.69) is 5.32 Å². The van der Waals surface area contributed by atoms with Gasteiger partial charge in [0.05, 0.1) is 6.54 Å². The van der Waals surface area contributed by atoms with Gasteiger partial charge in [0.2, 0.25) is 11.7 Å². The number of aromatic carboxylic acids is 1. The van der Waals surface area contributed by atoms with Gasteiger partial charge in [0.25, 0.3) is 0 Å². The summed E-state index contributed by atoms with van der Waals surface area (Å²) in [6.07, 6.45) is 0.859. The molecule has 6 heteroatoms. The Bertz CT molecular complexity index is 649. The number of carboxylic acid groups (broad SMARTS) is 1. The highest BCUT2D eigenvalue weighted by Crippen LogP contribution is 2.12. The molecule has 1 heterocycles. The van der Waals surface area contributed by atoms with Crippen molar-refractivity contribution in [3.05, 3.63) is 53.5 Å². The number of hydrogen-bond donors (Lipinski definition) is 3. The van der Waals surface area contributed by atoms with Crippen LogP contribution >= 0.6 is 0 Å². The van der Waals surface area contributed by atoms with Crippen LogP contribution in [-0.4, -0.2) is 17.0 Å². The number of nitrogens with two attached hydrogens (primary N) is 1. The highest BCUT2D eigenvalue weighted by atomic mass is 16.4. The van der Waals surface area contributed by atoms with Gasteiger partial charge in [0, 0.05) is 12.1 Å². The summed E-state index contributed by atoms with van der Waals surface area (Å²) in [7, 11) is 0. The fourth-order valence-electron chi connectivity index (χ4n) is 1.87. The molecule has 21 heavy (non-hydrogen) atoms. The molecule has 0 aliphatic carbocycles. The topological polar surface area (TPSA) is 106 Å². The van der Waals surface area contributed by atoms with E-state index in [0.717, 1.165) is 5.56 Å². The maximum Gasteiger partial charge on any atom is 0.371 e. The van der Waals surface area contributed by atoms with Crippen LogP contribution in [0.25, 0.3) is 0 Å². The van der Waals surface area contributed by atoms with Crippen LogP contribution < -0.4 is 11.1 Å². The number of benzene rings is 1. The molecule has 0 unspecified atom stereocenters. The number of carbonyl (C=O) groups excluding carboxylic acids is 1. The van der Waals surface area contributed by atoms with Gasteiger partial charge < -0.3 is 20.6 Å². The normalized spacial score (nSPS) is 10.3. The molecule has 4 N–H and O–H groups in total. The SMILES string of the molecule is Nc1ccccc1CCC(=O)NCc1ccc(C(=O)O)o1. The summed E-state index contributed by atoms with van der Waals surface area (Å²) in [5, 5.41) is 11.4. The zero-order valence-electron chi connectivity index (χ0n) is 11.3. The minimum Gasteiger partial charge on any atom is -0.475 e. The van der Waals surface area contributed by atoms with Crippen LogP contribution in [0.5, 0.6) is 0 Å². The largest absolute Gasteiger partial charge is 0.475 e. The van der Waals surface area contributed by atoms with E-state index in [0.29, 0.717) is 24.3 Å². The lowest BCUT2D eigenvalue weighted by Gasteiger charge is -2.05. The zero-order chi connectivity index (χ0) is 15.2. The number of hydrogen-bond acceptors (Lipinski definition) is 4. The molecule has 0 fully saturated rings. The number of carbonyl (C=O) groups is 2. The molecule has 0 atom stereocenters. The van der Waals surface area contributed by atoms with Crippen molar-refractivity contribution in [2.75, 3.05) is 5.73 Å². The first-order valence-corrected chi connectivity index (χ1v) is 6.48. The Morgan fingerprint density at radius 1 is 1.19 bits per heavy atom. The Balaban J connectivity index is 1.79. The molecule has 110 valence electrons. The molecule has 0 saturated heterocycles. The number of rotatable bonds is 6. The van der Waals surface area contributed by atoms with Crippen LogP contribution in [0.15, 0.2) is 40.8 Å². The van der Waals surface area contributed by atoms with E-state index >= 15 is 0 Å². The van der Waals surface area contributed by atoms with Gasteiger partial charge in [0.1, 0.15) is 5.76 Å². The summed E-state index contributed by atoms with van der Waals surface area (Å²) in [6.45, 7) is 0.163. The van der Waals surface area contributed by atoms with E-state index in [-0.39, 0.29) is 18.2 Å². The number of nitrogens with one attached hydrogen (secondary N) is 1. The van der Waals surface area contributed by atoms with Gasteiger partial charge in [0.15, 0.2) is 0 Å². The minimum absolute atomic E-state index is 0.142. The average Bonchev–Trinajstić information content (AvgIpc) is 2.93. The summed E-state index contributed by atoms with van der Waals surface area (Å²) in [5.41, 5.74) is 7.40. The monoisotopic (exact) mass is 288 g/mol. The number of amides is 1. The van der Waals surface area contributed by atoms with Crippen LogP contribution in [0.2, 0.25) is 0 Å². The smallest absolute Gasteiger partial charge is 0.371 e. The Morgan fingerprint density at radius 3 is 2.62 bits per heavy atom. The lowest BCUT2D eigenvalue weighted by atomic mass is 10.1. The first kappa shape index (κ1) is 14.6. The van der Waals surface area contributed by atoms with Gasteiger partial charge in [-0.2, -0.15) is 0 Å². The van der Waals surface area contributed by atoms with Crippen molar-refractivity contribution >= 4 is 17.6 Å². The average molecular weight is 288 g/mol. The van der Waals surface area contributed by atoms with E-state index in [1.807, 2.05) is 18.2 Å². The minimum atomic E-state index is -1.13. The molecular weight excluding hydrogens is 272 g/mol. The molecule has 0 bridgehead atoms. The van der Waals surface area contributed by atoms with Crippen molar-refractivity contribution < 1.29 is 19.1 Å². The van der Waals surface area contributed by atoms with Crippen LogP contribution in [-0.2, 0) is 17.8 Å². The molecular formula is C15H16N2O4. The summed E-state index contributed by atoms with van der Waals surface area (Å²) in [6, 6.07) is 10.3. The Morgan fingerprint density at radius 2 is 1.95 bits per heavy atom. The standard InChI is InChI=1S/C15H16N2O4/c16-12-4-2-1-3-10(12)5-8-14(18)17-9-11-6-7-13(21-11)15(19)20/h1-4,6-7H,5,8-9,16H2,(H,17,18)(H,19,20). The number of para-hydroxylation sites is 1. The molecule has 6 nitrogen and oxygen atoms in total. The van der Waals surface area contributed by atoms with Gasteiger partial charge in [-0.05, 0) is 30.2 Å². The van der Waals surface area contributed by atoms with Crippen LogP contribution in [0, 0.1) is 0 Å². The molecule has 0 radical (unpaired) electrons. The molecule has 0 aliphatic heterocycles. The Kier molecular flexibility index (Phi) is 4.61. The molecule has 1 aromatic heterocycles. The van der Waals surface area contributed by atoms with E-state index in [1.54, 1.807) is 6.07 Å². The predicted octanol–water partition coefficient (Wildman–Crippen LogP) is 1.81. The van der Waals surface area contributed by atoms with Gasteiger partial charge in [-0.15, -0.1) is 0 Å². The van der Waals surface area contributed by atoms with Crippen molar-refractivity contribution in [2.45, 2.75) is 19.4 Å². The second kappa shape index (κ2) is 6.60. The van der Waals surface area contributed by atoms with Crippen LogP contribution in [0.3, 0.4) is 0 Å². The molecule has 2 rings (SSSR count). The molecule has 0 saturated carbocycles. The van der Waals surface area contributed by atoms with E-state index < -0.39 is 5.97 Å². The lowest BCUT2D eigenvalue weighted by molar-refractivity contribution is -0.121. The highest BCUT2D eigenvalue weighted by molar-refractivity contribution is 5.84. The fraction of sp³-hybridized carbons (Fsp3) is 0.200. The van der Waals surface area contributed by atoms with Crippen molar-refractivity contribution in [3.8, 4) is 0 Å². The summed E-state index contributed by atoms with van der Waals surface area (Å²) in [4.78, 5) is 22.4. The highest BCUT2D eigenvalue weighted by Gasteiger charge is 2.10. The van der Waals surface area contributed by atoms with Crippen molar-refractivity contribution in [2.24, 2.45) is 0 Å². The third-order valence-electron chi connectivity index (χ3n) is 3.01. The molecule has 0 spiro atoms. The third kappa shape index (κ3) is 4.10. The molecule has 0 aliphatic rings. The van der Waals surface area contributed by atoms with E-state index in [9.17, 15) is 9.59 Å². The Labute approximate surface area is 121 Å². The number of anilines is 1. The van der Waals surface area contributed by atoms with Crippen LogP contribution in [0.1, 0.15) is 28.3 Å². The van der Waals surface area contributed by atoms with Gasteiger partial charge in [-0.25, -0.2) is 4.79 Å². The molecule has 1 aromatic carbocycles. The number of furan rings is 1. The summed E-state index contributed by atoms with van der Waals surface area (Å²) >= 11 is 0. The number of aryl methyl sites for hydroxylation is 1. The van der Waals surface area contributed by atoms with Crippen molar-refractivity contribution in [1.82, 2.24) is 5.32 Å². The number of carboxylic acids is 1. The third-order valence-corrected chi connectivity index (χ3v) is 3.01. The van der Waals surface area contributed by atoms with E-state index in [4.69, 9.17) is 15.3 Å². The maximum atomic E-state index is 11.7. The summed E-state index contributed by atoms with van der Waals surface area (Å²) in [5.74, 6) is -1.02. The zero-order valence-corrected chi connectivity index (χ0v) is 11.3. The second-order valence-electron chi connectivity index (χ2n) is 4.55. The van der Waals surface area contributed by atoms with Gasteiger partial charge >= 0.3 is 5.97 Å². The fourth-order valence-corrected chi connectivity index (χ4v) is 1.87. The van der Waals surface area contributed by atoms with E-state index in [1.165, 1.54) is 12.1 Å². The Hall–Kier alpha value is -2.76.